The first kappa shape index (κ1) is 24.8. The molecule has 1 aromatic carbocycles. The zero-order chi connectivity index (χ0) is 22.7. The van der Waals surface area contributed by atoms with Gasteiger partial charge in [-0.25, -0.2) is 4.79 Å². The summed E-state index contributed by atoms with van der Waals surface area (Å²) in [5.74, 6) is 0.351. The van der Waals surface area contributed by atoms with Crippen LogP contribution in [0.15, 0.2) is 12.1 Å². The Hall–Kier alpha value is -1.43. The average molecular weight is 544 g/mol. The Bertz CT molecular complexity index is 753. The lowest BCUT2D eigenvalue weighted by Gasteiger charge is -2.40. The van der Waals surface area contributed by atoms with E-state index >= 15 is 0 Å². The van der Waals surface area contributed by atoms with Crippen molar-refractivity contribution < 1.29 is 32.2 Å². The van der Waals surface area contributed by atoms with E-state index in [2.05, 4.69) is 4.90 Å². The van der Waals surface area contributed by atoms with Crippen LogP contribution < -0.4 is 9.47 Å². The Morgan fingerprint density at radius 2 is 1.90 bits per heavy atom. The summed E-state index contributed by atoms with van der Waals surface area (Å²) >= 11 is 1.95. The van der Waals surface area contributed by atoms with Crippen LogP contribution in [0.1, 0.15) is 33.3 Å². The number of piperazine rings is 1. The molecule has 2 rings (SSSR count). The van der Waals surface area contributed by atoms with E-state index in [1.165, 1.54) is 7.11 Å². The highest BCUT2D eigenvalue weighted by Crippen LogP contribution is 2.35. The van der Waals surface area contributed by atoms with Crippen LogP contribution in [-0.4, -0.2) is 67.1 Å². The molecule has 1 aromatic rings. The topological polar surface area (TPSA) is 51.2 Å². The Kier molecular flexibility index (Phi) is 8.11. The molecule has 1 atom stereocenters. The van der Waals surface area contributed by atoms with Gasteiger partial charge in [0.15, 0.2) is 18.1 Å². The smallest absolute Gasteiger partial charge is 0.422 e. The van der Waals surface area contributed by atoms with Crippen LogP contribution >= 0.6 is 22.6 Å². The Labute approximate surface area is 188 Å². The van der Waals surface area contributed by atoms with E-state index in [0.29, 0.717) is 29.7 Å². The molecule has 0 aliphatic carbocycles. The molecule has 170 valence electrons. The fraction of sp³-hybridized carbons (Fsp3) is 0.650. The molecule has 1 amide bonds. The standard InChI is InChI=1S/C20H28F3IN2O4/c1-13-10-25(6-7-26(13)18(27)30-19(2,3)4)11-14-8-15(24)17(16(9-14)28-5)29-12-20(21,22)23/h8-9,13H,6-7,10-12H2,1-5H3/t13-/m0/s1. The van der Waals surface area contributed by atoms with Crippen molar-refractivity contribution in [2.24, 2.45) is 0 Å². The van der Waals surface area contributed by atoms with Gasteiger partial charge in [0.2, 0.25) is 0 Å². The SMILES string of the molecule is COc1cc(CN2CCN(C(=O)OC(C)(C)C)[C@@H](C)C2)cc(I)c1OCC(F)(F)F. The van der Waals surface area contributed by atoms with Crippen LogP contribution in [0, 0.1) is 3.57 Å². The summed E-state index contributed by atoms with van der Waals surface area (Å²) in [7, 11) is 1.40. The van der Waals surface area contributed by atoms with Crippen molar-refractivity contribution >= 4 is 28.7 Å². The number of carbonyl (C=O) groups excluding carboxylic acids is 1. The second kappa shape index (κ2) is 9.80. The number of benzene rings is 1. The molecular formula is C20H28F3IN2O4. The van der Waals surface area contributed by atoms with Gasteiger partial charge in [-0.05, 0) is 68.0 Å². The molecule has 1 aliphatic heterocycles. The van der Waals surface area contributed by atoms with E-state index < -0.39 is 18.4 Å². The fourth-order valence-corrected chi connectivity index (χ4v) is 4.01. The lowest BCUT2D eigenvalue weighted by Crippen LogP contribution is -2.54. The van der Waals surface area contributed by atoms with Crippen LogP contribution in [0.5, 0.6) is 11.5 Å². The predicted molar refractivity (Wildman–Crippen MR) is 115 cm³/mol. The third kappa shape index (κ3) is 7.36. The van der Waals surface area contributed by atoms with Crippen molar-refractivity contribution in [3.05, 3.63) is 21.3 Å². The highest BCUT2D eigenvalue weighted by atomic mass is 127. The fourth-order valence-electron chi connectivity index (χ4n) is 3.19. The second-order valence-electron chi connectivity index (χ2n) is 8.27. The van der Waals surface area contributed by atoms with Gasteiger partial charge in [0.1, 0.15) is 5.60 Å². The number of nitrogens with zero attached hydrogens (tertiary/aromatic N) is 2. The summed E-state index contributed by atoms with van der Waals surface area (Å²) in [5, 5.41) is 0. The van der Waals surface area contributed by atoms with Crippen molar-refractivity contribution in [3.63, 3.8) is 0 Å². The molecule has 30 heavy (non-hydrogen) atoms. The van der Waals surface area contributed by atoms with Crippen molar-refractivity contribution in [2.75, 3.05) is 33.4 Å². The third-order valence-electron chi connectivity index (χ3n) is 4.42. The molecule has 1 heterocycles. The first-order chi connectivity index (χ1) is 13.8. The molecule has 1 fully saturated rings. The summed E-state index contributed by atoms with van der Waals surface area (Å²) in [6.45, 7) is 8.54. The molecule has 0 unspecified atom stereocenters. The van der Waals surface area contributed by atoms with E-state index in [1.54, 1.807) is 17.0 Å². The average Bonchev–Trinajstić information content (AvgIpc) is 2.58. The summed E-state index contributed by atoms with van der Waals surface area (Å²) in [4.78, 5) is 16.3. The van der Waals surface area contributed by atoms with Gasteiger partial charge in [0, 0.05) is 32.2 Å². The molecule has 0 saturated carbocycles. The molecule has 0 spiro atoms. The van der Waals surface area contributed by atoms with E-state index in [-0.39, 0.29) is 23.6 Å². The second-order valence-corrected chi connectivity index (χ2v) is 9.43. The van der Waals surface area contributed by atoms with E-state index in [4.69, 9.17) is 14.2 Å². The molecule has 10 heteroatoms. The number of hydrogen-bond donors (Lipinski definition) is 0. The maximum absolute atomic E-state index is 12.5. The maximum atomic E-state index is 12.5. The lowest BCUT2D eigenvalue weighted by atomic mass is 10.1. The molecular weight excluding hydrogens is 516 g/mol. The van der Waals surface area contributed by atoms with Crippen LogP contribution in [0.3, 0.4) is 0 Å². The molecule has 1 aliphatic rings. The normalized spacial score (nSPS) is 18.3. The molecule has 1 saturated heterocycles. The minimum atomic E-state index is -4.42. The van der Waals surface area contributed by atoms with Crippen LogP contribution in [0.2, 0.25) is 0 Å². The molecule has 0 N–H and O–H groups in total. The predicted octanol–water partition coefficient (Wildman–Crippen LogP) is 4.68. The van der Waals surface area contributed by atoms with Crippen LogP contribution in [0.4, 0.5) is 18.0 Å². The lowest BCUT2D eigenvalue weighted by molar-refractivity contribution is -0.153. The van der Waals surface area contributed by atoms with E-state index in [1.807, 2.05) is 50.3 Å². The van der Waals surface area contributed by atoms with Crippen LogP contribution in [0.25, 0.3) is 0 Å². The molecule has 0 bridgehead atoms. The summed E-state index contributed by atoms with van der Waals surface area (Å²) in [6, 6.07) is 3.46. The summed E-state index contributed by atoms with van der Waals surface area (Å²) < 4.78 is 53.7. The van der Waals surface area contributed by atoms with Gasteiger partial charge in [-0.2, -0.15) is 13.2 Å². The number of rotatable bonds is 5. The minimum absolute atomic E-state index is 0.0241. The Morgan fingerprint density at radius 1 is 1.23 bits per heavy atom. The monoisotopic (exact) mass is 544 g/mol. The van der Waals surface area contributed by atoms with Gasteiger partial charge < -0.3 is 19.1 Å². The van der Waals surface area contributed by atoms with Crippen molar-refractivity contribution in [1.82, 2.24) is 9.80 Å². The highest BCUT2D eigenvalue weighted by Gasteiger charge is 2.32. The number of hydrogen-bond acceptors (Lipinski definition) is 5. The number of amides is 1. The number of ether oxygens (including phenoxy) is 3. The summed E-state index contributed by atoms with van der Waals surface area (Å²) in [6.07, 6.45) is -4.74. The van der Waals surface area contributed by atoms with Crippen molar-refractivity contribution in [3.8, 4) is 11.5 Å². The molecule has 0 aromatic heterocycles. The number of halogens is 4. The first-order valence-electron chi connectivity index (χ1n) is 9.57. The molecule has 6 nitrogen and oxygen atoms in total. The van der Waals surface area contributed by atoms with Gasteiger partial charge in [-0.15, -0.1) is 0 Å². The first-order valence-corrected chi connectivity index (χ1v) is 10.6. The van der Waals surface area contributed by atoms with Gasteiger partial charge in [-0.1, -0.05) is 0 Å². The zero-order valence-corrected chi connectivity index (χ0v) is 20.0. The van der Waals surface area contributed by atoms with Crippen molar-refractivity contribution in [2.45, 2.75) is 52.1 Å². The quantitative estimate of drug-likeness (QED) is 0.504. The number of methoxy groups -OCH3 is 1. The Morgan fingerprint density at radius 3 is 2.43 bits per heavy atom. The summed E-state index contributed by atoms with van der Waals surface area (Å²) in [5.41, 5.74) is 0.352. The minimum Gasteiger partial charge on any atom is -0.493 e. The van der Waals surface area contributed by atoms with Crippen molar-refractivity contribution in [1.29, 1.82) is 0 Å². The molecule has 0 radical (unpaired) electrons. The van der Waals surface area contributed by atoms with Gasteiger partial charge in [0.05, 0.1) is 10.7 Å². The number of carbonyl (C=O) groups is 1. The van der Waals surface area contributed by atoms with E-state index in [0.717, 1.165) is 5.56 Å². The number of alkyl halides is 3. The third-order valence-corrected chi connectivity index (χ3v) is 5.22. The zero-order valence-electron chi connectivity index (χ0n) is 17.8. The largest absolute Gasteiger partial charge is 0.493 e. The van der Waals surface area contributed by atoms with Gasteiger partial charge in [0.25, 0.3) is 0 Å². The Balaban J connectivity index is 2.03. The highest BCUT2D eigenvalue weighted by molar-refractivity contribution is 14.1. The van der Waals surface area contributed by atoms with E-state index in [9.17, 15) is 18.0 Å². The van der Waals surface area contributed by atoms with Gasteiger partial charge >= 0.3 is 12.3 Å². The van der Waals surface area contributed by atoms with Crippen LogP contribution in [-0.2, 0) is 11.3 Å². The van der Waals surface area contributed by atoms with Gasteiger partial charge in [-0.3, -0.25) is 4.90 Å². The maximum Gasteiger partial charge on any atom is 0.422 e.